The molecule has 3 unspecified atom stereocenters. The van der Waals surface area contributed by atoms with Crippen LogP contribution in [0.3, 0.4) is 0 Å². The predicted molar refractivity (Wildman–Crippen MR) is 156 cm³/mol. The Morgan fingerprint density at radius 3 is 2.27 bits per heavy atom. The number of aliphatic hydroxyl groups excluding tert-OH is 1. The lowest BCUT2D eigenvalue weighted by Gasteiger charge is -2.41. The van der Waals surface area contributed by atoms with Gasteiger partial charge in [0.1, 0.15) is 12.1 Å². The fourth-order valence-corrected chi connectivity index (χ4v) is 6.61. The smallest absolute Gasteiger partial charge is 0.328 e. The topological polar surface area (TPSA) is 123 Å². The number of likely N-dealkylation sites (N-methyl/N-ethyl adjacent to an activating group) is 2. The Hall–Kier alpha value is -2.24. The first-order valence-corrected chi connectivity index (χ1v) is 15.2. The minimum absolute atomic E-state index is 0.0949. The highest BCUT2D eigenvalue weighted by Gasteiger charge is 2.45. The van der Waals surface area contributed by atoms with Gasteiger partial charge in [-0.1, -0.05) is 41.0 Å². The Labute approximate surface area is 245 Å². The van der Waals surface area contributed by atoms with Gasteiger partial charge in [0.15, 0.2) is 0 Å². The van der Waals surface area contributed by atoms with Crippen molar-refractivity contribution in [2.45, 2.75) is 109 Å². The van der Waals surface area contributed by atoms with Crippen LogP contribution in [0.5, 0.6) is 0 Å². The van der Waals surface area contributed by atoms with Crippen LogP contribution in [0.2, 0.25) is 0 Å². The average molecular weight is 580 g/mol. The van der Waals surface area contributed by atoms with Crippen LogP contribution in [0.15, 0.2) is 0 Å². The molecule has 41 heavy (non-hydrogen) atoms. The van der Waals surface area contributed by atoms with Gasteiger partial charge in [-0.05, 0) is 57.2 Å². The quantitative estimate of drug-likeness (QED) is 0.389. The Kier molecular flexibility index (Phi) is 11.2. The molecule has 0 saturated carbocycles. The van der Waals surface area contributed by atoms with E-state index in [1.54, 1.807) is 11.9 Å². The highest BCUT2D eigenvalue weighted by molar-refractivity contribution is 5.91. The molecule has 3 saturated heterocycles. The van der Waals surface area contributed by atoms with Crippen molar-refractivity contribution in [2.75, 3.05) is 47.4 Å². The summed E-state index contributed by atoms with van der Waals surface area (Å²) in [5, 5.41) is 13.3. The lowest BCUT2D eigenvalue weighted by Crippen LogP contribution is -2.61. The van der Waals surface area contributed by atoms with Crippen molar-refractivity contribution in [1.82, 2.24) is 24.9 Å². The monoisotopic (exact) mass is 579 g/mol. The maximum Gasteiger partial charge on any atom is 0.328 e. The van der Waals surface area contributed by atoms with Gasteiger partial charge in [0, 0.05) is 32.6 Å². The van der Waals surface area contributed by atoms with Crippen molar-refractivity contribution in [2.24, 2.45) is 11.3 Å². The van der Waals surface area contributed by atoms with E-state index in [0.29, 0.717) is 19.5 Å². The largest absolute Gasteiger partial charge is 0.467 e. The molecule has 3 aliphatic heterocycles. The van der Waals surface area contributed by atoms with Gasteiger partial charge in [0.2, 0.25) is 17.7 Å². The molecule has 11 nitrogen and oxygen atoms in total. The molecule has 3 aliphatic rings. The van der Waals surface area contributed by atoms with Gasteiger partial charge in [-0.15, -0.1) is 0 Å². The van der Waals surface area contributed by atoms with Gasteiger partial charge in [-0.3, -0.25) is 24.2 Å². The second kappa shape index (κ2) is 13.8. The van der Waals surface area contributed by atoms with Gasteiger partial charge < -0.3 is 25.0 Å². The van der Waals surface area contributed by atoms with E-state index in [9.17, 15) is 24.3 Å². The van der Waals surface area contributed by atoms with Crippen LogP contribution >= 0.6 is 0 Å². The summed E-state index contributed by atoms with van der Waals surface area (Å²) < 4.78 is 4.89. The second-order valence-electron chi connectivity index (χ2n) is 13.6. The molecular weight excluding hydrogens is 526 g/mol. The zero-order valence-electron chi connectivity index (χ0n) is 26.4. The maximum atomic E-state index is 14.0. The first-order chi connectivity index (χ1) is 19.2. The number of esters is 1. The van der Waals surface area contributed by atoms with Crippen LogP contribution in [0.25, 0.3) is 0 Å². The van der Waals surface area contributed by atoms with E-state index in [1.807, 2.05) is 27.8 Å². The standard InChI is InChI=1S/C30H53N5O6/c1-19(2)24(18-34-15-11-13-22(34)27(38)35-17-20(36)16-23(35)29(40)41-8)33(7)28(39)25(30(3,4)5)31-26(37)21-12-9-10-14-32(21)6/h19-25,36H,9-18H2,1-8H3,(H,31,37)/t20-,21-,22?,23?,24-,25?/m1/s1. The molecule has 0 aliphatic carbocycles. The third-order valence-corrected chi connectivity index (χ3v) is 9.19. The summed E-state index contributed by atoms with van der Waals surface area (Å²) in [6.07, 6.45) is 3.75. The van der Waals surface area contributed by atoms with Gasteiger partial charge >= 0.3 is 5.97 Å². The van der Waals surface area contributed by atoms with Gasteiger partial charge in [-0.2, -0.15) is 0 Å². The van der Waals surface area contributed by atoms with Crippen molar-refractivity contribution < 1.29 is 29.0 Å². The molecule has 0 aromatic heterocycles. The minimum Gasteiger partial charge on any atom is -0.467 e. The number of likely N-dealkylation sites (tertiary alicyclic amines) is 3. The van der Waals surface area contributed by atoms with Crippen LogP contribution in [0.1, 0.15) is 73.1 Å². The fourth-order valence-electron chi connectivity index (χ4n) is 6.61. The van der Waals surface area contributed by atoms with E-state index in [-0.39, 0.29) is 48.7 Å². The van der Waals surface area contributed by atoms with Crippen LogP contribution in [-0.2, 0) is 23.9 Å². The predicted octanol–water partition coefficient (Wildman–Crippen LogP) is 1.08. The summed E-state index contributed by atoms with van der Waals surface area (Å²) in [4.78, 5) is 60.7. The summed E-state index contributed by atoms with van der Waals surface area (Å²) in [7, 11) is 5.04. The number of nitrogens with one attached hydrogen (secondary N) is 1. The molecule has 3 fully saturated rings. The zero-order valence-corrected chi connectivity index (χ0v) is 26.4. The van der Waals surface area contributed by atoms with E-state index < -0.39 is 35.6 Å². The molecule has 11 heteroatoms. The molecule has 0 aromatic carbocycles. The Bertz CT molecular complexity index is 952. The first kappa shape index (κ1) is 33.3. The third kappa shape index (κ3) is 7.78. The molecule has 0 bridgehead atoms. The highest BCUT2D eigenvalue weighted by Crippen LogP contribution is 2.28. The Balaban J connectivity index is 1.75. The molecule has 6 atom stereocenters. The summed E-state index contributed by atoms with van der Waals surface area (Å²) in [5.41, 5.74) is -0.499. The minimum atomic E-state index is -0.783. The van der Waals surface area contributed by atoms with E-state index in [0.717, 1.165) is 32.2 Å². The van der Waals surface area contributed by atoms with E-state index in [1.165, 1.54) is 12.0 Å². The second-order valence-corrected chi connectivity index (χ2v) is 13.6. The maximum absolute atomic E-state index is 14.0. The summed E-state index contributed by atoms with van der Waals surface area (Å²) >= 11 is 0. The molecule has 3 heterocycles. The highest BCUT2D eigenvalue weighted by atomic mass is 16.5. The van der Waals surface area contributed by atoms with E-state index >= 15 is 0 Å². The summed E-state index contributed by atoms with van der Waals surface area (Å²) in [6.45, 7) is 12.2. The number of methoxy groups -OCH3 is 1. The molecule has 2 N–H and O–H groups in total. The van der Waals surface area contributed by atoms with Crippen molar-refractivity contribution >= 4 is 23.7 Å². The fraction of sp³-hybridized carbons (Fsp3) is 0.867. The average Bonchev–Trinajstić information content (AvgIpc) is 3.54. The van der Waals surface area contributed by atoms with Crippen molar-refractivity contribution in [3.8, 4) is 0 Å². The molecule has 0 radical (unpaired) electrons. The van der Waals surface area contributed by atoms with Crippen LogP contribution in [0, 0.1) is 11.3 Å². The number of ether oxygens (including phenoxy) is 1. The van der Waals surface area contributed by atoms with Gasteiger partial charge in [-0.25, -0.2) is 4.79 Å². The number of hydrogen-bond acceptors (Lipinski definition) is 8. The Morgan fingerprint density at radius 2 is 1.68 bits per heavy atom. The molecule has 3 amide bonds. The van der Waals surface area contributed by atoms with Crippen molar-refractivity contribution in [3.63, 3.8) is 0 Å². The number of piperidine rings is 1. The number of hydrogen-bond donors (Lipinski definition) is 2. The van der Waals surface area contributed by atoms with E-state index in [4.69, 9.17) is 4.74 Å². The van der Waals surface area contributed by atoms with Crippen molar-refractivity contribution in [3.05, 3.63) is 0 Å². The molecule has 3 rings (SSSR count). The lowest BCUT2D eigenvalue weighted by atomic mass is 9.84. The summed E-state index contributed by atoms with van der Waals surface area (Å²) in [5.74, 6) is -0.842. The normalized spacial score (nSPS) is 27.5. The third-order valence-electron chi connectivity index (χ3n) is 9.19. The molecule has 0 spiro atoms. The summed E-state index contributed by atoms with van der Waals surface area (Å²) in [6, 6.07) is -2.34. The molecule has 234 valence electrons. The number of carbonyl (C=O) groups is 4. The van der Waals surface area contributed by atoms with Gasteiger partial charge in [0.25, 0.3) is 0 Å². The number of rotatable bonds is 9. The number of nitrogens with zero attached hydrogens (tertiary/aromatic N) is 4. The zero-order chi connectivity index (χ0) is 30.6. The number of aliphatic hydroxyl groups is 1. The molecule has 0 aromatic rings. The molecular formula is C30H53N5O6. The number of amides is 3. The van der Waals surface area contributed by atoms with Crippen LogP contribution < -0.4 is 5.32 Å². The number of β-amino-alcohol motifs (C(OH)–C–C–N with tert-alkyl or cyclic N) is 1. The Morgan fingerprint density at radius 1 is 1.02 bits per heavy atom. The SMILES string of the molecule is COC(=O)C1C[C@@H](O)CN1C(=O)C1CCCN1C[C@H](C(C)C)N(C)C(=O)C(NC(=O)[C@H]1CCCCN1C)C(C)(C)C. The first-order valence-electron chi connectivity index (χ1n) is 15.2. The number of carbonyl (C=O) groups excluding carboxylic acids is 4. The van der Waals surface area contributed by atoms with E-state index in [2.05, 4.69) is 29.0 Å². The van der Waals surface area contributed by atoms with Crippen LogP contribution in [0.4, 0.5) is 0 Å². The van der Waals surface area contributed by atoms with Crippen LogP contribution in [-0.4, -0.2) is 132 Å². The van der Waals surface area contributed by atoms with Crippen molar-refractivity contribution in [1.29, 1.82) is 0 Å². The van der Waals surface area contributed by atoms with Gasteiger partial charge in [0.05, 0.1) is 25.3 Å². The lowest BCUT2D eigenvalue weighted by molar-refractivity contribution is -0.152.